The van der Waals surface area contributed by atoms with Gasteiger partial charge in [0.05, 0.1) is 5.92 Å². The van der Waals surface area contributed by atoms with Crippen LogP contribution >= 0.6 is 0 Å². The molecule has 0 radical (unpaired) electrons. The van der Waals surface area contributed by atoms with Crippen molar-refractivity contribution >= 4 is 11.9 Å². The number of aryl methyl sites for hydroxylation is 1. The normalized spacial score (nSPS) is 23.6. The summed E-state index contributed by atoms with van der Waals surface area (Å²) in [5.74, 6) is -1.63. The van der Waals surface area contributed by atoms with E-state index in [1.807, 2.05) is 0 Å². The van der Waals surface area contributed by atoms with E-state index in [9.17, 15) is 9.59 Å². The van der Waals surface area contributed by atoms with Gasteiger partial charge in [-0.25, -0.2) is 0 Å². The monoisotopic (exact) mass is 237 g/mol. The minimum absolute atomic E-state index is 0.281. The molecule has 3 N–H and O–H groups in total. The molecule has 1 fully saturated rings. The highest BCUT2D eigenvalue weighted by Crippen LogP contribution is 2.25. The molecule has 1 aliphatic carbocycles. The molecule has 2 atom stereocenters. The Balaban J connectivity index is 2.01. The van der Waals surface area contributed by atoms with Gasteiger partial charge in [0.25, 0.3) is 5.91 Å². The summed E-state index contributed by atoms with van der Waals surface area (Å²) in [4.78, 5) is 22.8. The predicted octanol–water partition coefficient (Wildman–Crippen LogP) is 0.701. The Bertz CT molecular complexity index is 441. The molecular formula is C11H15N3O3. The maximum atomic E-state index is 11.8. The molecule has 1 saturated carbocycles. The lowest BCUT2D eigenvalue weighted by atomic mass is 10.0. The van der Waals surface area contributed by atoms with Crippen LogP contribution in [0.1, 0.15) is 35.4 Å². The fraction of sp³-hybridized carbons (Fsp3) is 0.545. The number of amides is 1. The van der Waals surface area contributed by atoms with E-state index in [1.165, 1.54) is 0 Å². The quantitative estimate of drug-likeness (QED) is 0.721. The van der Waals surface area contributed by atoms with Crippen LogP contribution < -0.4 is 5.32 Å². The molecule has 0 saturated heterocycles. The molecule has 0 aliphatic heterocycles. The van der Waals surface area contributed by atoms with Gasteiger partial charge in [0.15, 0.2) is 0 Å². The lowest BCUT2D eigenvalue weighted by Crippen LogP contribution is -2.40. The van der Waals surface area contributed by atoms with Crippen molar-refractivity contribution in [2.24, 2.45) is 5.92 Å². The molecule has 1 aliphatic rings. The molecule has 0 unspecified atom stereocenters. The second-order valence-corrected chi connectivity index (χ2v) is 4.39. The number of nitrogens with one attached hydrogen (secondary N) is 2. The Morgan fingerprint density at radius 2 is 2.29 bits per heavy atom. The van der Waals surface area contributed by atoms with E-state index in [4.69, 9.17) is 5.11 Å². The zero-order valence-electron chi connectivity index (χ0n) is 9.56. The number of H-pyrrole nitrogens is 1. The van der Waals surface area contributed by atoms with Crippen LogP contribution in [-0.4, -0.2) is 33.2 Å². The highest BCUT2D eigenvalue weighted by molar-refractivity contribution is 5.92. The van der Waals surface area contributed by atoms with Gasteiger partial charge >= 0.3 is 5.97 Å². The summed E-state index contributed by atoms with van der Waals surface area (Å²) >= 11 is 0. The predicted molar refractivity (Wildman–Crippen MR) is 59.6 cm³/mol. The Kier molecular flexibility index (Phi) is 3.12. The summed E-state index contributed by atoms with van der Waals surface area (Å²) in [6.07, 6.45) is 2.17. The Labute approximate surface area is 98.4 Å². The molecule has 6 heteroatoms. The number of aliphatic carboxylic acids is 1. The fourth-order valence-corrected chi connectivity index (χ4v) is 2.21. The van der Waals surface area contributed by atoms with Crippen molar-refractivity contribution in [1.29, 1.82) is 0 Å². The van der Waals surface area contributed by atoms with Crippen LogP contribution in [0.25, 0.3) is 0 Å². The van der Waals surface area contributed by atoms with Gasteiger partial charge in [-0.1, -0.05) is 6.42 Å². The van der Waals surface area contributed by atoms with Crippen molar-refractivity contribution in [3.05, 3.63) is 17.5 Å². The molecule has 0 bridgehead atoms. The first-order chi connectivity index (χ1) is 8.08. The van der Waals surface area contributed by atoms with E-state index in [0.29, 0.717) is 18.5 Å². The van der Waals surface area contributed by atoms with Gasteiger partial charge < -0.3 is 10.4 Å². The molecule has 2 rings (SSSR count). The topological polar surface area (TPSA) is 95.1 Å². The van der Waals surface area contributed by atoms with Crippen LogP contribution in [0.3, 0.4) is 0 Å². The first kappa shape index (κ1) is 11.6. The van der Waals surface area contributed by atoms with Crippen LogP contribution in [0.4, 0.5) is 0 Å². The zero-order chi connectivity index (χ0) is 12.4. The van der Waals surface area contributed by atoms with Gasteiger partial charge in [-0.05, 0) is 25.8 Å². The van der Waals surface area contributed by atoms with Crippen molar-refractivity contribution in [3.63, 3.8) is 0 Å². The van der Waals surface area contributed by atoms with Gasteiger partial charge in [-0.2, -0.15) is 5.10 Å². The molecule has 6 nitrogen and oxygen atoms in total. The van der Waals surface area contributed by atoms with Crippen molar-refractivity contribution in [1.82, 2.24) is 15.5 Å². The molecule has 1 aromatic rings. The van der Waals surface area contributed by atoms with Crippen LogP contribution in [0.5, 0.6) is 0 Å². The Hall–Kier alpha value is -1.85. The highest BCUT2D eigenvalue weighted by atomic mass is 16.4. The second-order valence-electron chi connectivity index (χ2n) is 4.39. The fourth-order valence-electron chi connectivity index (χ4n) is 2.21. The number of carboxylic acids is 1. The van der Waals surface area contributed by atoms with Crippen molar-refractivity contribution < 1.29 is 14.7 Å². The van der Waals surface area contributed by atoms with E-state index in [1.54, 1.807) is 13.0 Å². The third kappa shape index (κ3) is 2.46. The summed E-state index contributed by atoms with van der Waals surface area (Å²) in [5.41, 5.74) is 1.11. The number of hydrogen-bond donors (Lipinski definition) is 3. The number of aromatic nitrogens is 2. The molecule has 1 amide bonds. The van der Waals surface area contributed by atoms with Crippen molar-refractivity contribution in [2.75, 3.05) is 0 Å². The average molecular weight is 237 g/mol. The van der Waals surface area contributed by atoms with Crippen molar-refractivity contribution in [3.8, 4) is 0 Å². The number of carbonyl (C=O) groups excluding carboxylic acids is 1. The number of nitrogens with zero attached hydrogens (tertiary/aromatic N) is 1. The van der Waals surface area contributed by atoms with E-state index in [2.05, 4.69) is 15.5 Å². The summed E-state index contributed by atoms with van der Waals surface area (Å²) in [6, 6.07) is 1.36. The maximum absolute atomic E-state index is 11.8. The van der Waals surface area contributed by atoms with Crippen LogP contribution in [0.2, 0.25) is 0 Å². The number of rotatable bonds is 3. The van der Waals surface area contributed by atoms with Crippen LogP contribution in [0, 0.1) is 12.8 Å². The molecule has 1 heterocycles. The summed E-state index contributed by atoms with van der Waals surface area (Å²) in [5, 5.41) is 18.3. The standard InChI is InChI=1S/C11H15N3O3/c1-6-5-9(14-13-6)10(15)12-8-4-2-3-7(8)11(16)17/h5,7-8H,2-4H2,1H3,(H,12,15)(H,13,14)(H,16,17)/t7-,8+/m0/s1. The van der Waals surface area contributed by atoms with Gasteiger partial charge in [0, 0.05) is 11.7 Å². The van der Waals surface area contributed by atoms with Crippen LogP contribution in [-0.2, 0) is 4.79 Å². The average Bonchev–Trinajstić information content (AvgIpc) is 2.86. The third-order valence-electron chi connectivity index (χ3n) is 3.09. The first-order valence-corrected chi connectivity index (χ1v) is 5.63. The van der Waals surface area contributed by atoms with E-state index < -0.39 is 11.9 Å². The summed E-state index contributed by atoms with van der Waals surface area (Å²) in [7, 11) is 0. The Morgan fingerprint density at radius 1 is 1.53 bits per heavy atom. The second kappa shape index (κ2) is 4.57. The molecule has 0 aromatic carbocycles. The first-order valence-electron chi connectivity index (χ1n) is 5.63. The molecule has 92 valence electrons. The molecule has 0 spiro atoms. The third-order valence-corrected chi connectivity index (χ3v) is 3.09. The van der Waals surface area contributed by atoms with E-state index in [-0.39, 0.29) is 11.9 Å². The summed E-state index contributed by atoms with van der Waals surface area (Å²) < 4.78 is 0. The highest BCUT2D eigenvalue weighted by Gasteiger charge is 2.34. The molecule has 17 heavy (non-hydrogen) atoms. The minimum Gasteiger partial charge on any atom is -0.481 e. The molecule has 1 aromatic heterocycles. The number of carboxylic acid groups (broad SMARTS) is 1. The van der Waals surface area contributed by atoms with Gasteiger partial charge in [-0.3, -0.25) is 14.7 Å². The lowest BCUT2D eigenvalue weighted by Gasteiger charge is -2.16. The van der Waals surface area contributed by atoms with Gasteiger partial charge in [-0.15, -0.1) is 0 Å². The van der Waals surface area contributed by atoms with Gasteiger partial charge in [0.1, 0.15) is 5.69 Å². The van der Waals surface area contributed by atoms with Crippen molar-refractivity contribution in [2.45, 2.75) is 32.2 Å². The van der Waals surface area contributed by atoms with E-state index >= 15 is 0 Å². The van der Waals surface area contributed by atoms with Crippen LogP contribution in [0.15, 0.2) is 6.07 Å². The SMILES string of the molecule is Cc1cc(C(=O)N[C@@H]2CCC[C@@H]2C(=O)O)n[nH]1. The maximum Gasteiger partial charge on any atom is 0.308 e. The molecular weight excluding hydrogens is 222 g/mol. The number of aromatic amines is 1. The Morgan fingerprint density at radius 3 is 2.88 bits per heavy atom. The minimum atomic E-state index is -0.842. The van der Waals surface area contributed by atoms with E-state index in [0.717, 1.165) is 12.1 Å². The summed E-state index contributed by atoms with van der Waals surface area (Å²) in [6.45, 7) is 1.80. The smallest absolute Gasteiger partial charge is 0.308 e. The van der Waals surface area contributed by atoms with Gasteiger partial charge in [0.2, 0.25) is 0 Å². The zero-order valence-corrected chi connectivity index (χ0v) is 9.56. The number of hydrogen-bond acceptors (Lipinski definition) is 3. The lowest BCUT2D eigenvalue weighted by molar-refractivity contribution is -0.142. The largest absolute Gasteiger partial charge is 0.481 e. The number of carbonyl (C=O) groups is 2.